The molecule has 8 nitrogen and oxygen atoms in total. The SMILES string of the molecule is CC(c1ccc(-n2cncn2)cc1)N(C)CC(=O)Nc1cc(C(C)(C)C)no1. The summed E-state index contributed by atoms with van der Waals surface area (Å²) in [7, 11) is 1.91. The van der Waals surface area contributed by atoms with Crippen molar-refractivity contribution in [3.63, 3.8) is 0 Å². The van der Waals surface area contributed by atoms with Crippen LogP contribution in [-0.2, 0) is 10.2 Å². The predicted octanol–water partition coefficient (Wildman–Crippen LogP) is 3.18. The number of carbonyl (C=O) groups excluding carboxylic acids is 1. The zero-order chi connectivity index (χ0) is 20.3. The molecular weight excluding hydrogens is 356 g/mol. The summed E-state index contributed by atoms with van der Waals surface area (Å²) in [6, 6.07) is 9.86. The first-order valence-electron chi connectivity index (χ1n) is 9.16. The van der Waals surface area contributed by atoms with Gasteiger partial charge in [0.15, 0.2) is 0 Å². The van der Waals surface area contributed by atoms with Crippen LogP contribution in [0, 0.1) is 0 Å². The molecule has 148 valence electrons. The highest BCUT2D eigenvalue weighted by Crippen LogP contribution is 2.24. The lowest BCUT2D eigenvalue weighted by Gasteiger charge is -2.24. The number of nitrogens with one attached hydrogen (secondary N) is 1. The average Bonchev–Trinajstić information content (AvgIpc) is 3.32. The predicted molar refractivity (Wildman–Crippen MR) is 106 cm³/mol. The number of aromatic nitrogens is 4. The number of rotatable bonds is 6. The molecule has 28 heavy (non-hydrogen) atoms. The van der Waals surface area contributed by atoms with Gasteiger partial charge in [-0.3, -0.25) is 15.0 Å². The molecule has 1 atom stereocenters. The number of hydrogen-bond acceptors (Lipinski definition) is 6. The molecule has 0 bridgehead atoms. The monoisotopic (exact) mass is 382 g/mol. The molecule has 2 heterocycles. The maximum Gasteiger partial charge on any atom is 0.240 e. The van der Waals surface area contributed by atoms with E-state index in [2.05, 4.69) is 27.5 Å². The maximum atomic E-state index is 12.4. The van der Waals surface area contributed by atoms with Crippen LogP contribution in [0.4, 0.5) is 5.88 Å². The molecule has 0 aliphatic carbocycles. The van der Waals surface area contributed by atoms with Crippen molar-refractivity contribution in [1.82, 2.24) is 24.8 Å². The molecule has 3 aromatic rings. The number of likely N-dealkylation sites (N-methyl/N-ethyl adjacent to an activating group) is 1. The van der Waals surface area contributed by atoms with Crippen LogP contribution < -0.4 is 5.32 Å². The molecule has 0 radical (unpaired) electrons. The molecule has 0 saturated heterocycles. The van der Waals surface area contributed by atoms with Crippen LogP contribution >= 0.6 is 0 Å². The second-order valence-electron chi connectivity index (χ2n) is 7.90. The van der Waals surface area contributed by atoms with Gasteiger partial charge in [0.25, 0.3) is 0 Å². The van der Waals surface area contributed by atoms with Gasteiger partial charge in [0.05, 0.1) is 17.9 Å². The van der Waals surface area contributed by atoms with Crippen LogP contribution in [-0.4, -0.2) is 44.3 Å². The third-order valence-electron chi connectivity index (χ3n) is 4.65. The van der Waals surface area contributed by atoms with Gasteiger partial charge in [-0.05, 0) is 31.7 Å². The van der Waals surface area contributed by atoms with E-state index in [1.54, 1.807) is 17.1 Å². The summed E-state index contributed by atoms with van der Waals surface area (Å²) >= 11 is 0. The first-order chi connectivity index (χ1) is 13.2. The second-order valence-corrected chi connectivity index (χ2v) is 7.90. The van der Waals surface area contributed by atoms with Gasteiger partial charge >= 0.3 is 0 Å². The Morgan fingerprint density at radius 3 is 2.57 bits per heavy atom. The fraction of sp³-hybridized carbons (Fsp3) is 0.400. The lowest BCUT2D eigenvalue weighted by molar-refractivity contribution is -0.117. The van der Waals surface area contributed by atoms with Gasteiger partial charge < -0.3 is 4.52 Å². The lowest BCUT2D eigenvalue weighted by Crippen LogP contribution is -2.32. The van der Waals surface area contributed by atoms with E-state index in [0.717, 1.165) is 16.9 Å². The van der Waals surface area contributed by atoms with Gasteiger partial charge in [-0.2, -0.15) is 5.10 Å². The van der Waals surface area contributed by atoms with Gasteiger partial charge in [-0.15, -0.1) is 0 Å². The number of amides is 1. The van der Waals surface area contributed by atoms with E-state index in [0.29, 0.717) is 5.88 Å². The Morgan fingerprint density at radius 2 is 2.00 bits per heavy atom. The molecule has 1 N–H and O–H groups in total. The second kappa shape index (κ2) is 7.93. The molecular formula is C20H26N6O2. The molecule has 2 aromatic heterocycles. The van der Waals surface area contributed by atoms with Crippen molar-refractivity contribution in [2.75, 3.05) is 18.9 Å². The Hall–Kier alpha value is -3.00. The van der Waals surface area contributed by atoms with Crippen molar-refractivity contribution in [3.05, 3.63) is 54.2 Å². The lowest BCUT2D eigenvalue weighted by atomic mass is 9.92. The standard InChI is InChI=1S/C20H26N6O2/c1-14(15-6-8-16(9-7-15)26-13-21-12-22-26)25(5)11-18(27)23-19-10-17(24-28-19)20(2,3)4/h6-10,12-14H,11H2,1-5H3,(H,23,27). The Bertz CT molecular complexity index is 909. The van der Waals surface area contributed by atoms with Crippen LogP contribution in [0.15, 0.2) is 47.5 Å². The molecule has 1 amide bonds. The molecule has 0 aliphatic rings. The smallest absolute Gasteiger partial charge is 0.240 e. The Kier molecular flexibility index (Phi) is 5.60. The summed E-state index contributed by atoms with van der Waals surface area (Å²) in [5, 5.41) is 10.9. The summed E-state index contributed by atoms with van der Waals surface area (Å²) in [6.07, 6.45) is 3.16. The summed E-state index contributed by atoms with van der Waals surface area (Å²) in [5.74, 6) is 0.221. The van der Waals surface area contributed by atoms with Gasteiger partial charge in [-0.25, -0.2) is 9.67 Å². The van der Waals surface area contributed by atoms with Crippen molar-refractivity contribution < 1.29 is 9.32 Å². The van der Waals surface area contributed by atoms with Crippen molar-refractivity contribution in [2.45, 2.75) is 39.2 Å². The number of carbonyl (C=O) groups is 1. The zero-order valence-electron chi connectivity index (χ0n) is 16.9. The number of nitrogens with zero attached hydrogens (tertiary/aromatic N) is 5. The number of hydrogen-bond donors (Lipinski definition) is 1. The average molecular weight is 382 g/mol. The molecule has 0 fully saturated rings. The molecule has 1 unspecified atom stereocenters. The van der Waals surface area contributed by atoms with Crippen molar-refractivity contribution in [1.29, 1.82) is 0 Å². The van der Waals surface area contributed by atoms with Crippen LogP contribution in [0.2, 0.25) is 0 Å². The first-order valence-corrected chi connectivity index (χ1v) is 9.16. The molecule has 0 spiro atoms. The highest BCUT2D eigenvalue weighted by molar-refractivity contribution is 5.91. The van der Waals surface area contributed by atoms with E-state index in [-0.39, 0.29) is 23.9 Å². The first kappa shape index (κ1) is 19.8. The van der Waals surface area contributed by atoms with Crippen LogP contribution in [0.5, 0.6) is 0 Å². The Morgan fingerprint density at radius 1 is 1.29 bits per heavy atom. The normalized spacial score (nSPS) is 12.9. The summed E-state index contributed by atoms with van der Waals surface area (Å²) < 4.78 is 6.93. The minimum Gasteiger partial charge on any atom is -0.338 e. The fourth-order valence-corrected chi connectivity index (χ4v) is 2.73. The molecule has 8 heteroatoms. The van der Waals surface area contributed by atoms with Crippen molar-refractivity contribution in [2.24, 2.45) is 0 Å². The van der Waals surface area contributed by atoms with Gasteiger partial charge in [0.1, 0.15) is 12.7 Å². The summed E-state index contributed by atoms with van der Waals surface area (Å²) in [4.78, 5) is 18.3. The third-order valence-corrected chi connectivity index (χ3v) is 4.65. The van der Waals surface area contributed by atoms with Crippen molar-refractivity contribution in [3.8, 4) is 5.69 Å². The van der Waals surface area contributed by atoms with Gasteiger partial charge in [-0.1, -0.05) is 38.1 Å². The topological polar surface area (TPSA) is 89.1 Å². The van der Waals surface area contributed by atoms with Crippen LogP contribution in [0.25, 0.3) is 5.69 Å². The number of benzene rings is 1. The zero-order valence-corrected chi connectivity index (χ0v) is 16.9. The highest BCUT2D eigenvalue weighted by atomic mass is 16.5. The molecule has 1 aromatic carbocycles. The minimum atomic E-state index is -0.148. The molecule has 0 aliphatic heterocycles. The minimum absolute atomic E-state index is 0.0652. The summed E-state index contributed by atoms with van der Waals surface area (Å²) in [6.45, 7) is 8.42. The third kappa shape index (κ3) is 4.64. The Balaban J connectivity index is 1.58. The van der Waals surface area contributed by atoms with E-state index in [1.165, 1.54) is 6.33 Å². The van der Waals surface area contributed by atoms with Crippen LogP contribution in [0.3, 0.4) is 0 Å². The Labute approximate surface area is 164 Å². The van der Waals surface area contributed by atoms with Crippen molar-refractivity contribution >= 4 is 11.8 Å². The van der Waals surface area contributed by atoms with Gasteiger partial charge in [0.2, 0.25) is 11.8 Å². The largest absolute Gasteiger partial charge is 0.338 e. The quantitative estimate of drug-likeness (QED) is 0.704. The number of anilines is 1. The van der Waals surface area contributed by atoms with E-state index in [4.69, 9.17) is 4.52 Å². The maximum absolute atomic E-state index is 12.4. The van der Waals surface area contributed by atoms with E-state index in [1.807, 2.05) is 57.0 Å². The summed E-state index contributed by atoms with van der Waals surface area (Å²) in [5.41, 5.74) is 2.72. The molecule has 0 saturated carbocycles. The van der Waals surface area contributed by atoms with Gasteiger partial charge in [0, 0.05) is 17.5 Å². The van der Waals surface area contributed by atoms with Crippen LogP contribution in [0.1, 0.15) is 45.0 Å². The molecule has 3 rings (SSSR count). The van der Waals surface area contributed by atoms with E-state index >= 15 is 0 Å². The van der Waals surface area contributed by atoms with E-state index < -0.39 is 0 Å². The fourth-order valence-electron chi connectivity index (χ4n) is 2.73. The highest BCUT2D eigenvalue weighted by Gasteiger charge is 2.21. The van der Waals surface area contributed by atoms with E-state index in [9.17, 15) is 4.79 Å².